The van der Waals surface area contributed by atoms with Gasteiger partial charge in [0.25, 0.3) is 0 Å². The molecule has 0 atom stereocenters. The standard InChI is InChI=1S/C13H22N4OS/c1-4-13(5-2,18-6-3)12-15-10-8-19-7-9(10)11(16-12)17-14/h4-8,14H2,1-3H3,(H,15,16,17). The van der Waals surface area contributed by atoms with E-state index in [4.69, 9.17) is 15.6 Å². The summed E-state index contributed by atoms with van der Waals surface area (Å²) in [5, 5.41) is 0. The molecule has 0 saturated heterocycles. The molecule has 1 aromatic heterocycles. The van der Waals surface area contributed by atoms with Crippen LogP contribution in [0.5, 0.6) is 0 Å². The molecule has 0 amide bonds. The number of hydrazine groups is 1. The van der Waals surface area contributed by atoms with Crippen LogP contribution in [0.1, 0.15) is 50.7 Å². The lowest BCUT2D eigenvalue weighted by Gasteiger charge is -2.30. The highest BCUT2D eigenvalue weighted by atomic mass is 32.2. The molecular weight excluding hydrogens is 260 g/mol. The van der Waals surface area contributed by atoms with Gasteiger partial charge in [0.2, 0.25) is 0 Å². The van der Waals surface area contributed by atoms with E-state index in [-0.39, 0.29) is 0 Å². The lowest BCUT2D eigenvalue weighted by molar-refractivity contribution is -0.0571. The Bertz CT molecular complexity index is 449. The highest BCUT2D eigenvalue weighted by molar-refractivity contribution is 7.98. The van der Waals surface area contributed by atoms with Crippen LogP contribution in [0.15, 0.2) is 0 Å². The molecule has 0 saturated carbocycles. The van der Waals surface area contributed by atoms with E-state index < -0.39 is 5.60 Å². The monoisotopic (exact) mass is 282 g/mol. The van der Waals surface area contributed by atoms with Crippen LogP contribution in [0.3, 0.4) is 0 Å². The fourth-order valence-corrected chi connectivity index (χ4v) is 3.53. The van der Waals surface area contributed by atoms with E-state index >= 15 is 0 Å². The number of hydrogen-bond donors (Lipinski definition) is 2. The first-order chi connectivity index (χ1) is 9.20. The maximum absolute atomic E-state index is 5.97. The van der Waals surface area contributed by atoms with E-state index in [2.05, 4.69) is 24.3 Å². The minimum Gasteiger partial charge on any atom is -0.367 e. The number of hydrogen-bond acceptors (Lipinski definition) is 6. The third kappa shape index (κ3) is 2.57. The minimum absolute atomic E-state index is 0.400. The molecule has 0 aliphatic carbocycles. The van der Waals surface area contributed by atoms with Crippen molar-refractivity contribution in [3.63, 3.8) is 0 Å². The molecular formula is C13H22N4OS. The van der Waals surface area contributed by atoms with Crippen molar-refractivity contribution in [3.8, 4) is 0 Å². The highest BCUT2D eigenvalue weighted by Gasteiger charge is 2.34. The number of ether oxygens (including phenoxy) is 1. The molecule has 19 heavy (non-hydrogen) atoms. The van der Waals surface area contributed by atoms with Crippen LogP contribution >= 0.6 is 11.8 Å². The number of nitrogens with two attached hydrogens (primary N) is 1. The van der Waals surface area contributed by atoms with Crippen molar-refractivity contribution in [2.45, 2.75) is 50.7 Å². The fourth-order valence-electron chi connectivity index (χ4n) is 2.49. The second kappa shape index (κ2) is 6.07. The van der Waals surface area contributed by atoms with E-state index in [1.165, 1.54) is 0 Å². The van der Waals surface area contributed by atoms with Gasteiger partial charge in [-0.15, -0.1) is 0 Å². The summed E-state index contributed by atoms with van der Waals surface area (Å²) in [5.74, 6) is 8.96. The molecule has 0 unspecified atom stereocenters. The molecule has 3 N–H and O–H groups in total. The van der Waals surface area contributed by atoms with Gasteiger partial charge in [-0.25, -0.2) is 15.8 Å². The van der Waals surface area contributed by atoms with Crippen LogP contribution in [0.2, 0.25) is 0 Å². The molecule has 5 nitrogen and oxygen atoms in total. The Balaban J connectivity index is 2.49. The smallest absolute Gasteiger partial charge is 0.162 e. The Morgan fingerprint density at radius 2 is 2.00 bits per heavy atom. The number of anilines is 1. The van der Waals surface area contributed by atoms with Crippen molar-refractivity contribution in [3.05, 3.63) is 17.1 Å². The molecule has 1 aliphatic heterocycles. The average Bonchev–Trinajstić information content (AvgIpc) is 2.92. The number of nitrogens with one attached hydrogen (secondary N) is 1. The van der Waals surface area contributed by atoms with Gasteiger partial charge >= 0.3 is 0 Å². The van der Waals surface area contributed by atoms with Crippen molar-refractivity contribution >= 4 is 17.6 Å². The number of nitrogen functional groups attached to an aromatic ring is 1. The predicted molar refractivity (Wildman–Crippen MR) is 78.7 cm³/mol. The van der Waals surface area contributed by atoms with Crippen LogP contribution in [0, 0.1) is 0 Å². The molecule has 2 heterocycles. The van der Waals surface area contributed by atoms with Gasteiger partial charge in [0.1, 0.15) is 11.4 Å². The van der Waals surface area contributed by atoms with E-state index in [1.807, 2.05) is 18.7 Å². The largest absolute Gasteiger partial charge is 0.367 e. The summed E-state index contributed by atoms with van der Waals surface area (Å²) in [7, 11) is 0. The van der Waals surface area contributed by atoms with E-state index in [1.54, 1.807) is 0 Å². The van der Waals surface area contributed by atoms with Gasteiger partial charge in [-0.1, -0.05) is 13.8 Å². The molecule has 0 fully saturated rings. The first-order valence-corrected chi connectivity index (χ1v) is 7.94. The fraction of sp³-hybridized carbons (Fsp3) is 0.692. The Morgan fingerprint density at radius 1 is 1.26 bits per heavy atom. The van der Waals surface area contributed by atoms with Gasteiger partial charge in [0.15, 0.2) is 5.82 Å². The van der Waals surface area contributed by atoms with Crippen molar-refractivity contribution in [2.75, 3.05) is 12.0 Å². The molecule has 106 valence electrons. The normalized spacial score (nSPS) is 14.5. The third-order valence-electron chi connectivity index (χ3n) is 3.69. The third-order valence-corrected chi connectivity index (χ3v) is 4.66. The van der Waals surface area contributed by atoms with Crippen LogP contribution < -0.4 is 11.3 Å². The van der Waals surface area contributed by atoms with E-state index in [0.717, 1.165) is 47.2 Å². The number of nitrogens with zero attached hydrogens (tertiary/aromatic N) is 2. The SMILES string of the molecule is CCOC(CC)(CC)c1nc2c(c(NN)n1)CSC2. The van der Waals surface area contributed by atoms with Crippen molar-refractivity contribution < 1.29 is 4.74 Å². The van der Waals surface area contributed by atoms with Gasteiger partial charge in [0.05, 0.1) is 5.69 Å². The summed E-state index contributed by atoms with van der Waals surface area (Å²) >= 11 is 1.84. The maximum Gasteiger partial charge on any atom is 0.162 e. The second-order valence-electron chi connectivity index (χ2n) is 4.59. The molecule has 0 bridgehead atoms. The summed E-state index contributed by atoms with van der Waals surface area (Å²) in [4.78, 5) is 9.35. The predicted octanol–water partition coefficient (Wildman–Crippen LogP) is 2.56. The zero-order valence-corrected chi connectivity index (χ0v) is 12.6. The van der Waals surface area contributed by atoms with Crippen LogP contribution in [0.25, 0.3) is 0 Å². The molecule has 0 radical (unpaired) electrons. The summed E-state index contributed by atoms with van der Waals surface area (Å²) in [5.41, 5.74) is 4.53. The zero-order chi connectivity index (χ0) is 13.9. The molecule has 2 rings (SSSR count). The van der Waals surface area contributed by atoms with Crippen LogP contribution in [-0.4, -0.2) is 16.6 Å². The van der Waals surface area contributed by atoms with E-state index in [0.29, 0.717) is 6.61 Å². The number of rotatable bonds is 6. The van der Waals surface area contributed by atoms with Crippen LogP contribution in [-0.2, 0) is 21.8 Å². The quantitative estimate of drug-likeness (QED) is 0.617. The topological polar surface area (TPSA) is 73.1 Å². The first kappa shape index (κ1) is 14.6. The Labute approximate surface area is 118 Å². The highest BCUT2D eigenvalue weighted by Crippen LogP contribution is 2.37. The van der Waals surface area contributed by atoms with Gasteiger partial charge < -0.3 is 10.2 Å². The molecule has 6 heteroatoms. The van der Waals surface area contributed by atoms with Crippen LogP contribution in [0.4, 0.5) is 5.82 Å². The number of fused-ring (bicyclic) bond motifs is 1. The second-order valence-corrected chi connectivity index (χ2v) is 5.58. The first-order valence-electron chi connectivity index (χ1n) is 6.79. The molecule has 0 spiro atoms. The molecule has 1 aliphatic rings. The summed E-state index contributed by atoms with van der Waals surface area (Å²) in [6.07, 6.45) is 1.71. The minimum atomic E-state index is -0.400. The van der Waals surface area contributed by atoms with Crippen molar-refractivity contribution in [2.24, 2.45) is 5.84 Å². The van der Waals surface area contributed by atoms with Gasteiger partial charge in [0, 0.05) is 23.7 Å². The summed E-state index contributed by atoms with van der Waals surface area (Å²) < 4.78 is 5.97. The maximum atomic E-state index is 5.97. The van der Waals surface area contributed by atoms with Gasteiger partial charge in [-0.3, -0.25) is 0 Å². The zero-order valence-electron chi connectivity index (χ0n) is 11.8. The summed E-state index contributed by atoms with van der Waals surface area (Å²) in [6, 6.07) is 0. The Kier molecular flexibility index (Phi) is 4.65. The lowest BCUT2D eigenvalue weighted by atomic mass is 9.95. The molecule has 0 aromatic carbocycles. The summed E-state index contributed by atoms with van der Waals surface area (Å²) in [6.45, 7) is 6.88. The average molecular weight is 282 g/mol. The van der Waals surface area contributed by atoms with Gasteiger partial charge in [-0.2, -0.15) is 11.8 Å². The Morgan fingerprint density at radius 3 is 2.58 bits per heavy atom. The molecule has 1 aromatic rings. The lowest BCUT2D eigenvalue weighted by Crippen LogP contribution is -2.32. The number of thioether (sulfide) groups is 1. The van der Waals surface area contributed by atoms with Crippen molar-refractivity contribution in [1.82, 2.24) is 9.97 Å². The Hall–Kier alpha value is -0.850. The van der Waals surface area contributed by atoms with E-state index in [9.17, 15) is 0 Å². The van der Waals surface area contributed by atoms with Gasteiger partial charge in [-0.05, 0) is 19.8 Å². The number of aromatic nitrogens is 2. The van der Waals surface area contributed by atoms with Crippen molar-refractivity contribution in [1.29, 1.82) is 0 Å².